The van der Waals surface area contributed by atoms with E-state index in [9.17, 15) is 4.79 Å². The predicted octanol–water partition coefficient (Wildman–Crippen LogP) is 3.87. The van der Waals surface area contributed by atoms with Crippen LogP contribution in [0.1, 0.15) is 56.1 Å². The van der Waals surface area contributed by atoms with Crippen molar-refractivity contribution in [3.63, 3.8) is 0 Å². The molecule has 1 N–H and O–H groups in total. The van der Waals surface area contributed by atoms with Gasteiger partial charge in [-0.15, -0.1) is 0 Å². The maximum Gasteiger partial charge on any atom is 0.232 e. The van der Waals surface area contributed by atoms with E-state index >= 15 is 0 Å². The van der Waals surface area contributed by atoms with Crippen LogP contribution in [0.5, 0.6) is 0 Å². The molecule has 1 heterocycles. The fourth-order valence-corrected chi connectivity index (χ4v) is 3.49. The molecule has 3 rings (SSSR count). The Morgan fingerprint density at radius 2 is 2.00 bits per heavy atom. The molecule has 0 bridgehead atoms. The number of benzene rings is 1. The normalized spacial score (nSPS) is 23.8. The highest BCUT2D eigenvalue weighted by Crippen LogP contribution is 2.43. The summed E-state index contributed by atoms with van der Waals surface area (Å²) < 4.78 is 0. The Morgan fingerprint density at radius 1 is 1.22 bits per heavy atom. The van der Waals surface area contributed by atoms with E-state index in [0.717, 1.165) is 12.1 Å². The van der Waals surface area contributed by atoms with Gasteiger partial charge in [-0.25, -0.2) is 0 Å². The lowest BCUT2D eigenvalue weighted by Gasteiger charge is -2.26. The fourth-order valence-electron chi connectivity index (χ4n) is 3.49. The summed E-state index contributed by atoms with van der Waals surface area (Å²) in [7, 11) is 0. The average molecular weight is 243 g/mol. The monoisotopic (exact) mass is 243 g/mol. The summed E-state index contributed by atoms with van der Waals surface area (Å²) in [5, 5.41) is 3.06. The number of carbonyl (C=O) groups is 1. The van der Waals surface area contributed by atoms with Crippen molar-refractivity contribution in [2.24, 2.45) is 5.92 Å². The average Bonchev–Trinajstić information content (AvgIpc) is 2.74. The van der Waals surface area contributed by atoms with E-state index in [1.54, 1.807) is 0 Å². The van der Waals surface area contributed by atoms with Gasteiger partial charge in [-0.3, -0.25) is 4.79 Å². The van der Waals surface area contributed by atoms with Gasteiger partial charge in [0.15, 0.2) is 0 Å². The van der Waals surface area contributed by atoms with Gasteiger partial charge in [0.2, 0.25) is 5.91 Å². The van der Waals surface area contributed by atoms with Crippen molar-refractivity contribution in [1.82, 2.24) is 0 Å². The van der Waals surface area contributed by atoms with Crippen LogP contribution in [0.3, 0.4) is 0 Å². The maximum atomic E-state index is 12.2. The summed E-state index contributed by atoms with van der Waals surface area (Å²) >= 11 is 0. The molecule has 0 spiro atoms. The summed E-state index contributed by atoms with van der Waals surface area (Å²) in [6, 6.07) is 6.45. The molecule has 0 aromatic heterocycles. The molecule has 2 heteroatoms. The Morgan fingerprint density at radius 3 is 2.72 bits per heavy atom. The molecule has 2 aliphatic rings. The van der Waals surface area contributed by atoms with Gasteiger partial charge in [0.05, 0.1) is 5.92 Å². The van der Waals surface area contributed by atoms with Crippen molar-refractivity contribution in [1.29, 1.82) is 0 Å². The number of anilines is 1. The highest BCUT2D eigenvalue weighted by molar-refractivity contribution is 6.03. The smallest absolute Gasteiger partial charge is 0.232 e. The number of carbonyl (C=O) groups excluding carboxylic acids is 1. The second-order valence-electron chi connectivity index (χ2n) is 5.64. The van der Waals surface area contributed by atoms with Gasteiger partial charge in [-0.2, -0.15) is 0 Å². The zero-order chi connectivity index (χ0) is 12.5. The van der Waals surface area contributed by atoms with Crippen LogP contribution >= 0.6 is 0 Å². The molecule has 1 aromatic rings. The van der Waals surface area contributed by atoms with Crippen molar-refractivity contribution in [3.05, 3.63) is 29.3 Å². The number of hydrogen-bond donors (Lipinski definition) is 1. The Labute approximate surface area is 109 Å². The molecule has 0 saturated heterocycles. The molecule has 1 atom stereocenters. The standard InChI is InChI=1S/C16H21NO/c1-2-11-8-9-14-13(10-11)15(16(18)17-14)12-6-4-3-5-7-12/h8-10,12,15H,2-7H2,1H3,(H,17,18). The number of hydrogen-bond acceptors (Lipinski definition) is 1. The molecule has 1 aromatic carbocycles. The van der Waals surface area contributed by atoms with Gasteiger partial charge in [0.25, 0.3) is 0 Å². The summed E-state index contributed by atoms with van der Waals surface area (Å²) in [5.41, 5.74) is 3.64. The molecule has 1 amide bonds. The van der Waals surface area contributed by atoms with Crippen molar-refractivity contribution >= 4 is 11.6 Å². The quantitative estimate of drug-likeness (QED) is 0.839. The van der Waals surface area contributed by atoms with Crippen molar-refractivity contribution < 1.29 is 4.79 Å². The third-order valence-corrected chi connectivity index (χ3v) is 4.52. The van der Waals surface area contributed by atoms with E-state index < -0.39 is 0 Å². The first-order valence-corrected chi connectivity index (χ1v) is 7.23. The lowest BCUT2D eigenvalue weighted by molar-refractivity contribution is -0.118. The summed E-state index contributed by atoms with van der Waals surface area (Å²) in [4.78, 5) is 12.2. The SMILES string of the molecule is CCc1ccc2c(c1)C(C1CCCCC1)C(=O)N2. The van der Waals surface area contributed by atoms with E-state index in [2.05, 4.69) is 30.4 Å². The number of amides is 1. The number of fused-ring (bicyclic) bond motifs is 1. The van der Waals surface area contributed by atoms with Crippen LogP contribution in [0.4, 0.5) is 5.69 Å². The molecule has 0 radical (unpaired) electrons. The number of rotatable bonds is 2. The maximum absolute atomic E-state index is 12.2. The Kier molecular flexibility index (Phi) is 3.11. The molecule has 1 fully saturated rings. The van der Waals surface area contributed by atoms with Gasteiger partial charge >= 0.3 is 0 Å². The molecular weight excluding hydrogens is 222 g/mol. The molecule has 1 aliphatic carbocycles. The van der Waals surface area contributed by atoms with Crippen molar-refractivity contribution in [2.45, 2.75) is 51.4 Å². The summed E-state index contributed by atoms with van der Waals surface area (Å²) in [5.74, 6) is 0.907. The molecule has 1 aliphatic heterocycles. The van der Waals surface area contributed by atoms with E-state index in [4.69, 9.17) is 0 Å². The van der Waals surface area contributed by atoms with Gasteiger partial charge in [0.1, 0.15) is 0 Å². The molecular formula is C16H21NO. The fraction of sp³-hybridized carbons (Fsp3) is 0.562. The minimum atomic E-state index is 0.117. The van der Waals surface area contributed by atoms with E-state index in [1.165, 1.54) is 43.2 Å². The largest absolute Gasteiger partial charge is 0.325 e. The lowest BCUT2D eigenvalue weighted by atomic mass is 9.77. The predicted molar refractivity (Wildman–Crippen MR) is 73.8 cm³/mol. The van der Waals surface area contributed by atoms with Gasteiger partial charge in [-0.1, -0.05) is 38.3 Å². The van der Waals surface area contributed by atoms with Gasteiger partial charge in [0, 0.05) is 5.69 Å². The van der Waals surface area contributed by atoms with Crippen LogP contribution in [0.25, 0.3) is 0 Å². The topological polar surface area (TPSA) is 29.1 Å². The van der Waals surface area contributed by atoms with Crippen LogP contribution in [-0.2, 0) is 11.2 Å². The molecule has 1 unspecified atom stereocenters. The third kappa shape index (κ3) is 1.94. The first-order valence-electron chi connectivity index (χ1n) is 7.23. The van der Waals surface area contributed by atoms with Crippen LogP contribution in [0.15, 0.2) is 18.2 Å². The highest BCUT2D eigenvalue weighted by atomic mass is 16.2. The second-order valence-corrected chi connectivity index (χ2v) is 5.64. The minimum Gasteiger partial charge on any atom is -0.325 e. The Hall–Kier alpha value is -1.31. The Bertz CT molecular complexity index is 460. The molecule has 1 saturated carbocycles. The zero-order valence-corrected chi connectivity index (χ0v) is 11.0. The highest BCUT2D eigenvalue weighted by Gasteiger charge is 2.37. The minimum absolute atomic E-state index is 0.117. The van der Waals surface area contributed by atoms with Crippen molar-refractivity contribution in [3.8, 4) is 0 Å². The molecule has 2 nitrogen and oxygen atoms in total. The van der Waals surface area contributed by atoms with Crippen molar-refractivity contribution in [2.75, 3.05) is 5.32 Å². The van der Waals surface area contributed by atoms with Crippen LogP contribution in [0, 0.1) is 5.92 Å². The first-order chi connectivity index (χ1) is 8.79. The third-order valence-electron chi connectivity index (χ3n) is 4.52. The first kappa shape index (κ1) is 11.8. The van der Waals surface area contributed by atoms with E-state index in [0.29, 0.717) is 5.92 Å². The van der Waals surface area contributed by atoms with Gasteiger partial charge in [-0.05, 0) is 42.4 Å². The second kappa shape index (κ2) is 4.75. The molecule has 18 heavy (non-hydrogen) atoms. The van der Waals surface area contributed by atoms with Crippen LogP contribution < -0.4 is 5.32 Å². The zero-order valence-electron chi connectivity index (χ0n) is 11.0. The summed E-state index contributed by atoms with van der Waals surface area (Å²) in [6.07, 6.45) is 7.39. The summed E-state index contributed by atoms with van der Waals surface area (Å²) in [6.45, 7) is 2.17. The lowest BCUT2D eigenvalue weighted by Crippen LogP contribution is -2.22. The number of aryl methyl sites for hydroxylation is 1. The van der Waals surface area contributed by atoms with E-state index in [1.807, 2.05) is 0 Å². The van der Waals surface area contributed by atoms with Crippen LogP contribution in [-0.4, -0.2) is 5.91 Å². The Balaban J connectivity index is 1.93. The van der Waals surface area contributed by atoms with Crippen LogP contribution in [0.2, 0.25) is 0 Å². The number of nitrogens with one attached hydrogen (secondary N) is 1. The molecule has 96 valence electrons. The van der Waals surface area contributed by atoms with Gasteiger partial charge < -0.3 is 5.32 Å². The van der Waals surface area contributed by atoms with E-state index in [-0.39, 0.29) is 11.8 Å².